The van der Waals surface area contributed by atoms with E-state index in [-0.39, 0.29) is 10.9 Å². The van der Waals surface area contributed by atoms with Crippen LogP contribution in [0, 0.1) is 11.2 Å². The maximum absolute atomic E-state index is 12.9. The molecule has 3 nitrogen and oxygen atoms in total. The molecule has 0 saturated heterocycles. The number of hydrogen-bond donors (Lipinski definition) is 2. The Labute approximate surface area is 111 Å². The first-order valence-electron chi connectivity index (χ1n) is 6.04. The average molecular weight is 271 g/mol. The van der Waals surface area contributed by atoms with Gasteiger partial charge in [-0.25, -0.2) is 4.39 Å². The second-order valence-electron chi connectivity index (χ2n) is 4.77. The molecule has 0 atom stereocenters. The minimum atomic E-state index is -0.488. The summed E-state index contributed by atoms with van der Waals surface area (Å²) in [6, 6.07) is 3.92. The van der Waals surface area contributed by atoms with Crippen molar-refractivity contribution in [3.8, 4) is 0 Å². The number of nitrogens with one attached hydrogen (secondary N) is 1. The number of nitrogens with two attached hydrogens (primary N) is 1. The second kappa shape index (κ2) is 5.24. The Balaban J connectivity index is 2.15. The van der Waals surface area contributed by atoms with Crippen molar-refractivity contribution < 1.29 is 9.18 Å². The molecule has 1 aromatic carbocycles. The van der Waals surface area contributed by atoms with Gasteiger partial charge in [0, 0.05) is 6.54 Å². The Bertz CT molecular complexity index is 458. The molecule has 0 unspecified atom stereocenters. The summed E-state index contributed by atoms with van der Waals surface area (Å²) in [6.07, 6.45) is 3.63. The van der Waals surface area contributed by atoms with E-state index in [0.29, 0.717) is 12.2 Å². The van der Waals surface area contributed by atoms with Crippen LogP contribution in [0.4, 0.5) is 10.1 Å². The standard InChI is InChI=1S/C13H16ClFN2O/c14-10-7-9(15)3-4-11(10)17-12(18)13(8-16)5-1-2-6-13/h3-4,7H,1-2,5-6,8,16H2,(H,17,18). The number of carbonyl (C=O) groups excluding carboxylic acids is 1. The van der Waals surface area contributed by atoms with Gasteiger partial charge in [-0.3, -0.25) is 4.79 Å². The summed E-state index contributed by atoms with van der Waals surface area (Å²) in [4.78, 5) is 12.3. The molecule has 1 amide bonds. The van der Waals surface area contributed by atoms with E-state index in [1.165, 1.54) is 18.2 Å². The van der Waals surface area contributed by atoms with Crippen LogP contribution in [0.25, 0.3) is 0 Å². The van der Waals surface area contributed by atoms with Gasteiger partial charge in [0.1, 0.15) is 5.82 Å². The third kappa shape index (κ3) is 2.49. The van der Waals surface area contributed by atoms with Crippen LogP contribution in [0.1, 0.15) is 25.7 Å². The SMILES string of the molecule is NCC1(C(=O)Nc2ccc(F)cc2Cl)CCCC1. The van der Waals surface area contributed by atoms with Gasteiger partial charge in [-0.2, -0.15) is 0 Å². The summed E-state index contributed by atoms with van der Waals surface area (Å²) in [5.74, 6) is -0.539. The summed E-state index contributed by atoms with van der Waals surface area (Å²) < 4.78 is 12.9. The highest BCUT2D eigenvalue weighted by atomic mass is 35.5. The molecule has 2 rings (SSSR count). The fourth-order valence-electron chi connectivity index (χ4n) is 2.42. The van der Waals surface area contributed by atoms with Crippen molar-refractivity contribution >= 4 is 23.2 Å². The van der Waals surface area contributed by atoms with Crippen LogP contribution < -0.4 is 11.1 Å². The predicted molar refractivity (Wildman–Crippen MR) is 70.0 cm³/mol. The van der Waals surface area contributed by atoms with Gasteiger partial charge in [0.05, 0.1) is 16.1 Å². The lowest BCUT2D eigenvalue weighted by molar-refractivity contribution is -0.124. The highest BCUT2D eigenvalue weighted by Gasteiger charge is 2.39. The summed E-state index contributed by atoms with van der Waals surface area (Å²) in [5, 5.41) is 2.96. The third-order valence-electron chi connectivity index (χ3n) is 3.61. The molecule has 1 saturated carbocycles. The molecular weight excluding hydrogens is 255 g/mol. The molecule has 0 heterocycles. The van der Waals surface area contributed by atoms with Crippen molar-refractivity contribution in [2.24, 2.45) is 11.1 Å². The predicted octanol–water partition coefficient (Wildman–Crippen LogP) is 2.94. The van der Waals surface area contributed by atoms with Crippen LogP contribution in [0.15, 0.2) is 18.2 Å². The van der Waals surface area contributed by atoms with Crippen molar-refractivity contribution in [3.05, 3.63) is 29.0 Å². The smallest absolute Gasteiger partial charge is 0.231 e. The monoisotopic (exact) mass is 270 g/mol. The number of amides is 1. The molecule has 18 heavy (non-hydrogen) atoms. The van der Waals surface area contributed by atoms with E-state index >= 15 is 0 Å². The third-order valence-corrected chi connectivity index (χ3v) is 3.93. The van der Waals surface area contributed by atoms with Gasteiger partial charge < -0.3 is 11.1 Å². The molecule has 0 aromatic heterocycles. The Morgan fingerprint density at radius 1 is 1.44 bits per heavy atom. The molecule has 5 heteroatoms. The van der Waals surface area contributed by atoms with Gasteiger partial charge >= 0.3 is 0 Å². The average Bonchev–Trinajstić information content (AvgIpc) is 2.82. The van der Waals surface area contributed by atoms with Crippen LogP contribution in [-0.2, 0) is 4.79 Å². The van der Waals surface area contributed by atoms with Crippen molar-refractivity contribution in [1.29, 1.82) is 0 Å². The first-order valence-corrected chi connectivity index (χ1v) is 6.42. The maximum Gasteiger partial charge on any atom is 0.231 e. The number of halogens is 2. The Hall–Kier alpha value is -1.13. The van der Waals surface area contributed by atoms with E-state index in [4.69, 9.17) is 17.3 Å². The summed E-state index contributed by atoms with van der Waals surface area (Å²) in [7, 11) is 0. The van der Waals surface area contributed by atoms with Crippen molar-refractivity contribution in [2.45, 2.75) is 25.7 Å². The molecular formula is C13H16ClFN2O. The van der Waals surface area contributed by atoms with Crippen LogP contribution in [0.2, 0.25) is 5.02 Å². The minimum Gasteiger partial charge on any atom is -0.329 e. The Kier molecular flexibility index (Phi) is 3.88. The quantitative estimate of drug-likeness (QED) is 0.887. The van der Waals surface area contributed by atoms with Crippen LogP contribution >= 0.6 is 11.6 Å². The Morgan fingerprint density at radius 3 is 2.67 bits per heavy atom. The lowest BCUT2D eigenvalue weighted by Gasteiger charge is -2.25. The lowest BCUT2D eigenvalue weighted by atomic mass is 9.85. The lowest BCUT2D eigenvalue weighted by Crippen LogP contribution is -2.40. The number of rotatable bonds is 3. The number of carbonyl (C=O) groups is 1. The van der Waals surface area contributed by atoms with Gasteiger partial charge in [0.15, 0.2) is 0 Å². The molecule has 0 spiro atoms. The zero-order valence-corrected chi connectivity index (χ0v) is 10.8. The largest absolute Gasteiger partial charge is 0.329 e. The van der Waals surface area contributed by atoms with E-state index in [9.17, 15) is 9.18 Å². The highest BCUT2D eigenvalue weighted by Crippen LogP contribution is 2.38. The molecule has 1 aliphatic rings. The van der Waals surface area contributed by atoms with E-state index in [1.54, 1.807) is 0 Å². The summed E-state index contributed by atoms with van der Waals surface area (Å²) in [5.41, 5.74) is 5.68. The van der Waals surface area contributed by atoms with Crippen molar-refractivity contribution in [3.63, 3.8) is 0 Å². The number of hydrogen-bond acceptors (Lipinski definition) is 2. The minimum absolute atomic E-state index is 0.115. The van der Waals surface area contributed by atoms with Gasteiger partial charge in [-0.15, -0.1) is 0 Å². The molecule has 0 radical (unpaired) electrons. The first-order chi connectivity index (χ1) is 8.57. The molecule has 0 aliphatic heterocycles. The van der Waals surface area contributed by atoms with Crippen LogP contribution in [0.3, 0.4) is 0 Å². The van der Waals surface area contributed by atoms with Gasteiger partial charge in [-0.1, -0.05) is 24.4 Å². The van der Waals surface area contributed by atoms with E-state index in [1.807, 2.05) is 0 Å². The number of anilines is 1. The molecule has 1 aliphatic carbocycles. The van der Waals surface area contributed by atoms with Crippen molar-refractivity contribution in [1.82, 2.24) is 0 Å². The fraction of sp³-hybridized carbons (Fsp3) is 0.462. The first kappa shape index (κ1) is 13.3. The summed E-state index contributed by atoms with van der Waals surface area (Å²) in [6.45, 7) is 0.331. The van der Waals surface area contributed by atoms with Crippen LogP contribution in [-0.4, -0.2) is 12.5 Å². The second-order valence-corrected chi connectivity index (χ2v) is 5.18. The molecule has 3 N–H and O–H groups in total. The Morgan fingerprint density at radius 2 is 2.11 bits per heavy atom. The maximum atomic E-state index is 12.9. The normalized spacial score (nSPS) is 17.7. The van der Waals surface area contributed by atoms with Gasteiger partial charge in [0.25, 0.3) is 0 Å². The topological polar surface area (TPSA) is 55.1 Å². The van der Waals surface area contributed by atoms with Crippen molar-refractivity contribution in [2.75, 3.05) is 11.9 Å². The van der Waals surface area contributed by atoms with E-state index in [0.717, 1.165) is 25.7 Å². The zero-order valence-electron chi connectivity index (χ0n) is 10.0. The summed E-state index contributed by atoms with van der Waals surface area (Å²) >= 11 is 5.88. The van der Waals surface area contributed by atoms with Gasteiger partial charge in [0.2, 0.25) is 5.91 Å². The number of benzene rings is 1. The molecule has 1 aromatic rings. The van der Waals surface area contributed by atoms with Gasteiger partial charge in [-0.05, 0) is 31.0 Å². The highest BCUT2D eigenvalue weighted by molar-refractivity contribution is 6.33. The molecule has 98 valence electrons. The molecule has 0 bridgehead atoms. The zero-order chi connectivity index (χ0) is 13.2. The molecule has 1 fully saturated rings. The van der Waals surface area contributed by atoms with E-state index < -0.39 is 11.2 Å². The van der Waals surface area contributed by atoms with Crippen LogP contribution in [0.5, 0.6) is 0 Å². The van der Waals surface area contributed by atoms with E-state index in [2.05, 4.69) is 5.32 Å². The fourth-order valence-corrected chi connectivity index (χ4v) is 2.64.